The molecule has 0 bridgehead atoms. The Kier molecular flexibility index (Phi) is 11.7. The van der Waals surface area contributed by atoms with E-state index in [9.17, 15) is 4.79 Å². The highest BCUT2D eigenvalue weighted by molar-refractivity contribution is 7.98. The Balaban J connectivity index is 2.69. The van der Waals surface area contributed by atoms with E-state index in [0.717, 1.165) is 56.0 Å². The van der Waals surface area contributed by atoms with Gasteiger partial charge in [0, 0.05) is 46.2 Å². The first-order valence-corrected chi connectivity index (χ1v) is 11.8. The SMILES string of the molecule is CCNC(=NCCCc1nnc(SC)n1CC(C)C)N(C)CC(=O)N(CC)CC. The average Bonchev–Trinajstić information content (AvgIpc) is 3.06. The molecule has 1 aromatic rings. The van der Waals surface area contributed by atoms with Crippen molar-refractivity contribution in [1.29, 1.82) is 0 Å². The van der Waals surface area contributed by atoms with Crippen molar-refractivity contribution in [3.63, 3.8) is 0 Å². The van der Waals surface area contributed by atoms with Crippen molar-refractivity contribution in [3.05, 3.63) is 5.82 Å². The normalized spacial score (nSPS) is 11.8. The number of thioether (sulfide) groups is 1. The Labute approximate surface area is 180 Å². The molecule has 0 spiro atoms. The van der Waals surface area contributed by atoms with Gasteiger partial charge in [-0.1, -0.05) is 25.6 Å². The fourth-order valence-electron chi connectivity index (χ4n) is 3.05. The zero-order valence-electron chi connectivity index (χ0n) is 19.2. The van der Waals surface area contributed by atoms with E-state index in [1.165, 1.54) is 0 Å². The Bertz CT molecular complexity index is 641. The number of aryl methyl sites for hydroxylation is 1. The van der Waals surface area contributed by atoms with Gasteiger partial charge in [0.05, 0.1) is 6.54 Å². The number of likely N-dealkylation sites (N-methyl/N-ethyl adjacent to an activating group) is 2. The molecule has 29 heavy (non-hydrogen) atoms. The monoisotopic (exact) mass is 425 g/mol. The molecule has 1 rings (SSSR count). The molecule has 0 aliphatic rings. The molecule has 0 unspecified atom stereocenters. The lowest BCUT2D eigenvalue weighted by Gasteiger charge is -2.25. The van der Waals surface area contributed by atoms with Crippen LogP contribution in [-0.4, -0.2) is 82.5 Å². The fraction of sp³-hybridized carbons (Fsp3) is 0.800. The number of carbonyl (C=O) groups excluding carboxylic acids is 1. The van der Waals surface area contributed by atoms with E-state index in [4.69, 9.17) is 4.99 Å². The average molecular weight is 426 g/mol. The first kappa shape index (κ1) is 25.3. The molecule has 1 N–H and O–H groups in total. The number of guanidine groups is 1. The van der Waals surface area contributed by atoms with Crippen LogP contribution in [0.2, 0.25) is 0 Å². The van der Waals surface area contributed by atoms with Crippen LogP contribution in [0, 0.1) is 5.92 Å². The largest absolute Gasteiger partial charge is 0.357 e. The second-order valence-corrected chi connectivity index (χ2v) is 8.14. The first-order chi connectivity index (χ1) is 13.9. The second kappa shape index (κ2) is 13.5. The zero-order chi connectivity index (χ0) is 21.8. The molecule has 8 nitrogen and oxygen atoms in total. The maximum absolute atomic E-state index is 12.4. The topological polar surface area (TPSA) is 78.6 Å². The highest BCUT2D eigenvalue weighted by atomic mass is 32.2. The molecular weight excluding hydrogens is 386 g/mol. The summed E-state index contributed by atoms with van der Waals surface area (Å²) in [6.45, 7) is 14.6. The van der Waals surface area contributed by atoms with Gasteiger partial charge in [-0.25, -0.2) is 0 Å². The van der Waals surface area contributed by atoms with Crippen molar-refractivity contribution in [2.24, 2.45) is 10.9 Å². The standard InChI is InChI=1S/C20H39N7OS/c1-8-21-19(25(6)15-18(28)26(9-2)10-3)22-13-11-12-17-23-24-20(29-7)27(17)14-16(4)5/h16H,8-15H2,1-7H3,(H,21,22). The number of nitrogens with zero attached hydrogens (tertiary/aromatic N) is 6. The van der Waals surface area contributed by atoms with Crippen LogP contribution in [0.1, 0.15) is 46.9 Å². The van der Waals surface area contributed by atoms with Crippen LogP contribution in [0.25, 0.3) is 0 Å². The number of aliphatic imine (C=N–C) groups is 1. The molecule has 0 aliphatic heterocycles. The lowest BCUT2D eigenvalue weighted by Crippen LogP contribution is -2.45. The molecular formula is C20H39N7OS. The summed E-state index contributed by atoms with van der Waals surface area (Å²) in [4.78, 5) is 20.8. The van der Waals surface area contributed by atoms with E-state index in [1.807, 2.05) is 43.9 Å². The van der Waals surface area contributed by atoms with Gasteiger partial charge in [0.25, 0.3) is 0 Å². The highest BCUT2D eigenvalue weighted by Crippen LogP contribution is 2.16. The number of hydrogen-bond acceptors (Lipinski definition) is 5. The van der Waals surface area contributed by atoms with Crippen LogP contribution in [0.4, 0.5) is 0 Å². The van der Waals surface area contributed by atoms with Gasteiger partial charge in [-0.2, -0.15) is 0 Å². The van der Waals surface area contributed by atoms with E-state index in [2.05, 4.69) is 33.9 Å². The van der Waals surface area contributed by atoms with Gasteiger partial charge in [-0.15, -0.1) is 10.2 Å². The van der Waals surface area contributed by atoms with E-state index in [-0.39, 0.29) is 5.91 Å². The fourth-order valence-corrected chi connectivity index (χ4v) is 3.57. The molecule has 0 radical (unpaired) electrons. The molecule has 0 fully saturated rings. The van der Waals surface area contributed by atoms with Crippen LogP contribution in [0.5, 0.6) is 0 Å². The van der Waals surface area contributed by atoms with Crippen molar-refractivity contribution in [1.82, 2.24) is 29.9 Å². The van der Waals surface area contributed by atoms with Crippen LogP contribution >= 0.6 is 11.8 Å². The summed E-state index contributed by atoms with van der Waals surface area (Å²) in [5, 5.41) is 12.9. The van der Waals surface area contributed by atoms with Gasteiger partial charge >= 0.3 is 0 Å². The molecule has 1 amide bonds. The molecule has 0 aromatic carbocycles. The quantitative estimate of drug-likeness (QED) is 0.240. The van der Waals surface area contributed by atoms with Crippen LogP contribution in [-0.2, 0) is 17.8 Å². The van der Waals surface area contributed by atoms with E-state index < -0.39 is 0 Å². The number of hydrogen-bond donors (Lipinski definition) is 1. The van der Waals surface area contributed by atoms with Crippen molar-refractivity contribution in [2.75, 3.05) is 46.0 Å². The molecule has 166 valence electrons. The molecule has 1 heterocycles. The number of amides is 1. The third-order valence-corrected chi connectivity index (χ3v) is 5.20. The van der Waals surface area contributed by atoms with Gasteiger partial charge in [0.2, 0.25) is 5.91 Å². The maximum atomic E-state index is 12.4. The summed E-state index contributed by atoms with van der Waals surface area (Å²) in [5.41, 5.74) is 0. The smallest absolute Gasteiger partial charge is 0.242 e. The van der Waals surface area contributed by atoms with Gasteiger partial charge < -0.3 is 19.7 Å². The minimum atomic E-state index is 0.120. The van der Waals surface area contributed by atoms with Gasteiger partial charge in [0.1, 0.15) is 5.82 Å². The third kappa shape index (κ3) is 8.24. The van der Waals surface area contributed by atoms with Gasteiger partial charge in [-0.05, 0) is 39.4 Å². The summed E-state index contributed by atoms with van der Waals surface area (Å²) in [5.74, 6) is 2.45. The Morgan fingerprint density at radius 3 is 2.48 bits per heavy atom. The maximum Gasteiger partial charge on any atom is 0.242 e. The predicted octanol–water partition coefficient (Wildman–Crippen LogP) is 2.35. The number of rotatable bonds is 12. The van der Waals surface area contributed by atoms with Gasteiger partial charge in [0.15, 0.2) is 11.1 Å². The predicted molar refractivity (Wildman–Crippen MR) is 121 cm³/mol. The van der Waals surface area contributed by atoms with Crippen molar-refractivity contribution in [2.45, 2.75) is 59.2 Å². The second-order valence-electron chi connectivity index (χ2n) is 7.37. The van der Waals surface area contributed by atoms with Crippen molar-refractivity contribution in [3.8, 4) is 0 Å². The molecule has 0 atom stereocenters. The molecule has 1 aromatic heterocycles. The Morgan fingerprint density at radius 1 is 1.24 bits per heavy atom. The number of nitrogens with one attached hydrogen (secondary N) is 1. The van der Waals surface area contributed by atoms with Crippen molar-refractivity contribution < 1.29 is 4.79 Å². The minimum absolute atomic E-state index is 0.120. The third-order valence-electron chi connectivity index (χ3n) is 4.53. The lowest BCUT2D eigenvalue weighted by molar-refractivity contribution is -0.131. The molecule has 9 heteroatoms. The lowest BCUT2D eigenvalue weighted by atomic mass is 10.2. The van der Waals surface area contributed by atoms with Crippen molar-refractivity contribution >= 4 is 23.6 Å². The summed E-state index contributed by atoms with van der Waals surface area (Å²) in [6.07, 6.45) is 3.76. The van der Waals surface area contributed by atoms with E-state index in [0.29, 0.717) is 19.0 Å². The molecule has 0 saturated carbocycles. The highest BCUT2D eigenvalue weighted by Gasteiger charge is 2.15. The summed E-state index contributed by atoms with van der Waals surface area (Å²) in [7, 11) is 1.91. The summed E-state index contributed by atoms with van der Waals surface area (Å²) in [6, 6.07) is 0. The van der Waals surface area contributed by atoms with Crippen LogP contribution < -0.4 is 5.32 Å². The first-order valence-electron chi connectivity index (χ1n) is 10.6. The minimum Gasteiger partial charge on any atom is -0.357 e. The van der Waals surface area contributed by atoms with E-state index >= 15 is 0 Å². The number of aromatic nitrogens is 3. The van der Waals surface area contributed by atoms with Crippen LogP contribution in [0.3, 0.4) is 0 Å². The summed E-state index contributed by atoms with van der Waals surface area (Å²) >= 11 is 1.63. The van der Waals surface area contributed by atoms with Gasteiger partial charge in [-0.3, -0.25) is 9.79 Å². The Hall–Kier alpha value is -1.77. The van der Waals surface area contributed by atoms with Crippen LogP contribution in [0.15, 0.2) is 10.1 Å². The number of carbonyl (C=O) groups is 1. The summed E-state index contributed by atoms with van der Waals surface area (Å²) < 4.78 is 2.22. The molecule has 0 saturated heterocycles. The van der Waals surface area contributed by atoms with E-state index in [1.54, 1.807) is 11.8 Å². The zero-order valence-corrected chi connectivity index (χ0v) is 20.1. The Morgan fingerprint density at radius 2 is 1.93 bits per heavy atom. The molecule has 0 aliphatic carbocycles.